The average Bonchev–Trinajstić information content (AvgIpc) is 3.39. The molecule has 0 unspecified atom stereocenters. The van der Waals surface area contributed by atoms with E-state index in [4.69, 9.17) is 0 Å². The predicted molar refractivity (Wildman–Crippen MR) is 314 cm³/mol. The van der Waals surface area contributed by atoms with Crippen molar-refractivity contribution in [2.75, 3.05) is 54.2 Å². The van der Waals surface area contributed by atoms with Gasteiger partial charge in [0.1, 0.15) is 0 Å². The molecule has 0 N–H and O–H groups in total. The number of hydrogen-bond acceptors (Lipinski definition) is 4. The Morgan fingerprint density at radius 2 is 0.667 bits per heavy atom. The summed E-state index contributed by atoms with van der Waals surface area (Å²) in [7, 11) is 13.0. The molecule has 3 aromatic carbocycles. The number of benzene rings is 3. The largest absolute Gasteiger partial charge is 0 e. The number of nitrogens with zero attached hydrogens (tertiary/aromatic N) is 4. The number of rotatable bonds is 11. The minimum Gasteiger partial charge on any atom is 0 e. The standard InChI is InChI=1S/2C11H13.C9H10N.2C8H15NO.C3H6N.4C2H6.2C2H3.12W.Y/c2*1-4-11(2,3)10-8-6-5-7-9-10;1-8-4-6-9(7-5-8)10(2)3;2*1-6(2)7(3)8(10)9(4)5;1-4(2)3;6*1-2;;;;;;;;;;;;;/h2*5-9H,4H2,2-3H3;4-7H,1-2H3;2*1-5H3;1-2H3;4*1-2H3;2*1H3;;;;;;;;;;;;;/q3*-1;;;-1;;;;;2*-1;;;;;;;;;;;;;. The Balaban J connectivity index is -0.0000000424. The van der Waals surface area contributed by atoms with E-state index in [0.717, 1.165) is 35.1 Å². The fourth-order valence-electron chi connectivity index (χ4n) is 4.26. The van der Waals surface area contributed by atoms with Gasteiger partial charge in [0.2, 0.25) is 11.8 Å². The monoisotopic (exact) mass is 3230 g/mol. The number of aryl methyl sites for hydroxylation is 1. The molecule has 6 nitrogen and oxygen atoms in total. The zero-order valence-electron chi connectivity index (χ0n) is 54.6. The Morgan fingerprint density at radius 1 is 0.444 bits per heavy atom. The molecular formula is C62H102N4O2W12Y-6. The van der Waals surface area contributed by atoms with E-state index in [-0.39, 0.29) is 182 Å². The molecule has 0 heterocycles. The fourth-order valence-corrected chi connectivity index (χ4v) is 7.23. The van der Waals surface area contributed by atoms with Crippen molar-refractivity contribution in [1.29, 1.82) is 0 Å². The van der Waals surface area contributed by atoms with Gasteiger partial charge < -0.3 is 9.80 Å². The maximum Gasteiger partial charge on any atom is 0 e. The smallest absolute Gasteiger partial charge is 0 e. The second kappa shape index (κ2) is 90.8. The third-order valence-corrected chi connectivity index (χ3v) is 12.2. The minimum atomic E-state index is 0. The normalized spacial score (nSPS) is 7.91. The Bertz CT molecular complexity index is 1790. The first-order valence-corrected chi connectivity index (χ1v) is 33.7. The third-order valence-electron chi connectivity index (χ3n) is 8.83. The van der Waals surface area contributed by atoms with Crippen molar-refractivity contribution in [3.05, 3.63) is 124 Å². The van der Waals surface area contributed by atoms with Crippen LogP contribution in [-0.4, -0.2) is 103 Å². The molecule has 2 amide bonds. The Hall–Kier alpha value is 4.42. The molecule has 0 saturated carbocycles. The molecule has 0 bridgehead atoms. The fraction of sp³-hybridized carbons (Fsp3) is 0.516. The van der Waals surface area contributed by atoms with Gasteiger partial charge in [-0.1, -0.05) is 66.5 Å². The maximum absolute atomic E-state index is 11.2. The van der Waals surface area contributed by atoms with Crippen LogP contribution in [0.5, 0.6) is 0 Å². The maximum atomic E-state index is 11.2. The molecule has 0 saturated heterocycles. The van der Waals surface area contributed by atoms with Gasteiger partial charge in [-0.2, -0.15) is 0 Å². The van der Waals surface area contributed by atoms with Crippen LogP contribution >= 0.6 is 0 Å². The van der Waals surface area contributed by atoms with E-state index in [2.05, 4.69) is 146 Å². The summed E-state index contributed by atoms with van der Waals surface area (Å²) in [4.78, 5) is 29.4. The van der Waals surface area contributed by atoms with Crippen LogP contribution in [0, 0.1) is 6.92 Å². The number of amides is 2. The first kappa shape index (κ1) is 126. The van der Waals surface area contributed by atoms with Gasteiger partial charge in [0, 0.05) is 198 Å². The molecule has 0 spiro atoms. The molecule has 0 aliphatic rings. The van der Waals surface area contributed by atoms with Gasteiger partial charge in [-0.05, 0) is 41.5 Å². The number of carbonyl (C=O) groups excluding carboxylic acids is 2. The molecule has 81 heavy (non-hydrogen) atoms. The van der Waals surface area contributed by atoms with Crippen LogP contribution in [0.25, 0.3) is 0 Å². The SMILES string of the molecule is CC.CC.CC.CC.CC(C)(C[C-]=[W])c1ccccc1.CC(C)(C[C-]=[W])c1ccccc1.CC(C)=C(C)C(=O)N(C)C.CC(C)=C(C)C(=O)N(C)C.CN(C)[C-]=[W].C[C-]=[W].C[C-]=[W].Cc1ccc(N(C)[C-]=[W])cc1.[W].[W].[W].[W].[W].[W].[Y]. The van der Waals surface area contributed by atoms with Gasteiger partial charge >= 0.3 is 353 Å². The van der Waals surface area contributed by atoms with Crippen LogP contribution in [-0.2, 0) is 296 Å². The van der Waals surface area contributed by atoms with Gasteiger partial charge in [-0.3, -0.25) is 9.59 Å². The minimum absolute atomic E-state index is 0. The van der Waals surface area contributed by atoms with E-state index in [1.54, 1.807) is 38.0 Å². The summed E-state index contributed by atoms with van der Waals surface area (Å²) in [6.45, 7) is 42.4. The summed E-state index contributed by atoms with van der Waals surface area (Å²) in [5.74, 6) is 0.194. The van der Waals surface area contributed by atoms with E-state index < -0.39 is 0 Å². The van der Waals surface area contributed by atoms with Crippen molar-refractivity contribution in [3.8, 4) is 0 Å². The van der Waals surface area contributed by atoms with Crippen molar-refractivity contribution in [1.82, 2.24) is 14.7 Å². The quantitative estimate of drug-likeness (QED) is 0.109. The van der Waals surface area contributed by atoms with E-state index in [1.165, 1.54) is 138 Å². The second-order valence-corrected chi connectivity index (χ2v) is 23.0. The van der Waals surface area contributed by atoms with E-state index in [1.807, 2.05) is 142 Å². The Morgan fingerprint density at radius 3 is 0.815 bits per heavy atom. The summed E-state index contributed by atoms with van der Waals surface area (Å²) >= 11 is 8.45. The van der Waals surface area contributed by atoms with Gasteiger partial charge in [0.25, 0.3) is 0 Å². The summed E-state index contributed by atoms with van der Waals surface area (Å²) in [5.41, 5.74) is 9.65. The van der Waals surface area contributed by atoms with Crippen LogP contribution in [0.2, 0.25) is 0 Å². The second-order valence-electron chi connectivity index (χ2n) is 16.7. The van der Waals surface area contributed by atoms with Crippen molar-refractivity contribution in [3.63, 3.8) is 0 Å². The number of carbonyl (C=O) groups is 2. The zero-order chi connectivity index (χ0) is 60.6. The molecule has 0 atom stereocenters. The van der Waals surface area contributed by atoms with Crippen LogP contribution < -0.4 is 4.90 Å². The first-order chi connectivity index (χ1) is 34.6. The van der Waals surface area contributed by atoms with Gasteiger partial charge in [-0.25, -0.2) is 0 Å². The molecule has 3 aromatic rings. The molecule has 3 rings (SSSR count). The summed E-state index contributed by atoms with van der Waals surface area (Å²) in [5, 5.41) is 0. The molecule has 19 heteroatoms. The first-order valence-electron chi connectivity index (χ1n) is 24.9. The van der Waals surface area contributed by atoms with Crippen molar-refractivity contribution in [2.45, 2.75) is 169 Å². The van der Waals surface area contributed by atoms with E-state index >= 15 is 0 Å². The molecule has 0 fully saturated rings. The van der Waals surface area contributed by atoms with Crippen molar-refractivity contribution >= 4 is 44.2 Å². The number of anilines is 1. The van der Waals surface area contributed by atoms with E-state index in [9.17, 15) is 9.59 Å². The van der Waals surface area contributed by atoms with Crippen LogP contribution in [0.15, 0.2) is 107 Å². The van der Waals surface area contributed by atoms with Crippen LogP contribution in [0.3, 0.4) is 0 Å². The molecule has 0 aliphatic heterocycles. The van der Waals surface area contributed by atoms with Crippen LogP contribution in [0.4, 0.5) is 5.69 Å². The Labute approximate surface area is 679 Å². The van der Waals surface area contributed by atoms with Crippen molar-refractivity contribution < 1.29 is 285 Å². The third kappa shape index (κ3) is 84.4. The molecule has 463 valence electrons. The van der Waals surface area contributed by atoms with Gasteiger partial charge in [0.15, 0.2) is 0 Å². The summed E-state index contributed by atoms with van der Waals surface area (Å²) in [6.07, 6.45) is 2.10. The topological polar surface area (TPSA) is 47.1 Å². The van der Waals surface area contributed by atoms with Crippen molar-refractivity contribution in [2.24, 2.45) is 0 Å². The molecular weight excluding hydrogens is 3130 g/mol. The molecule has 1 radical (unpaired) electrons. The number of likely N-dealkylation sites (N-methyl/N-ethyl adjacent to an activating group) is 2. The molecule has 0 aromatic heterocycles. The number of hydrogen-bond donors (Lipinski definition) is 0. The van der Waals surface area contributed by atoms with E-state index in [0.29, 0.717) is 0 Å². The van der Waals surface area contributed by atoms with Gasteiger partial charge in [0.05, 0.1) is 0 Å². The average molecular weight is 3230 g/mol. The zero-order valence-corrected chi connectivity index (χ0v) is 92.6. The summed E-state index contributed by atoms with van der Waals surface area (Å²) in [6, 6.07) is 29.7. The summed E-state index contributed by atoms with van der Waals surface area (Å²) < 4.78 is 18.3. The number of allylic oxidation sites excluding steroid dienone is 2. The Kier molecular flexibility index (Phi) is 142. The van der Waals surface area contributed by atoms with Gasteiger partial charge in [-0.15, -0.1) is 0 Å². The predicted octanol–water partition coefficient (Wildman–Crippen LogP) is 13.9. The van der Waals surface area contributed by atoms with Crippen LogP contribution in [0.1, 0.15) is 168 Å². The molecule has 0 aliphatic carbocycles.